The first-order valence-corrected chi connectivity index (χ1v) is 9.44. The number of nitrogens with zero attached hydrogens (tertiary/aromatic N) is 3. The molecule has 2 aromatic rings. The van der Waals surface area contributed by atoms with Crippen LogP contribution in [0.25, 0.3) is 0 Å². The van der Waals surface area contributed by atoms with Crippen molar-refractivity contribution in [2.75, 3.05) is 13.7 Å². The van der Waals surface area contributed by atoms with Crippen LogP contribution in [0.3, 0.4) is 0 Å². The minimum atomic E-state index is -0.729. The summed E-state index contributed by atoms with van der Waals surface area (Å²) >= 11 is 0. The molecule has 0 bridgehead atoms. The van der Waals surface area contributed by atoms with Crippen LogP contribution in [-0.2, 0) is 16.1 Å². The summed E-state index contributed by atoms with van der Waals surface area (Å²) in [6, 6.07) is 7.44. The molecule has 1 unspecified atom stereocenters. The molecule has 0 N–H and O–H groups in total. The van der Waals surface area contributed by atoms with E-state index < -0.39 is 11.4 Å². The Morgan fingerprint density at radius 2 is 2.00 bits per heavy atom. The number of benzene rings is 1. The highest BCUT2D eigenvalue weighted by atomic mass is 16.5. The Morgan fingerprint density at radius 1 is 1.23 bits per heavy atom. The minimum absolute atomic E-state index is 0.0222. The molecule has 1 aliphatic rings. The van der Waals surface area contributed by atoms with Gasteiger partial charge >= 0.3 is 5.97 Å². The number of carbonyl (C=O) groups is 2. The van der Waals surface area contributed by atoms with E-state index in [0.717, 1.165) is 17.6 Å². The van der Waals surface area contributed by atoms with Gasteiger partial charge in [-0.15, -0.1) is 5.10 Å². The molecule has 0 radical (unpaired) electrons. The van der Waals surface area contributed by atoms with E-state index in [1.807, 2.05) is 24.3 Å². The Hall–Kier alpha value is -3.68. The van der Waals surface area contributed by atoms with Crippen LogP contribution >= 0.6 is 0 Å². The summed E-state index contributed by atoms with van der Waals surface area (Å²) < 4.78 is 17.7. The van der Waals surface area contributed by atoms with Gasteiger partial charge in [0.05, 0.1) is 25.7 Å². The zero-order valence-corrected chi connectivity index (χ0v) is 17.1. The number of hydrogen-bond donors (Lipinski definition) is 0. The highest BCUT2D eigenvalue weighted by Gasteiger charge is 2.24. The molecule has 0 saturated carbocycles. The molecule has 1 aliphatic carbocycles. The fourth-order valence-corrected chi connectivity index (χ4v) is 2.72. The maximum Gasteiger partial charge on any atom is 0.364 e. The molecule has 1 aromatic heterocycles. The van der Waals surface area contributed by atoms with Gasteiger partial charge in [-0.25, -0.2) is 9.48 Å². The van der Waals surface area contributed by atoms with Gasteiger partial charge in [-0.2, -0.15) is 0 Å². The quantitative estimate of drug-likeness (QED) is 0.489. The summed E-state index contributed by atoms with van der Waals surface area (Å²) in [4.78, 5) is 23.7. The SMILES string of the molecule is CCOC(=O)c1nnn(Cc2ccc(OC)cc2)c1OC1=CC=CC(C)(C=O)C=C1. The number of carbonyl (C=O) groups excluding carboxylic acids is 2. The van der Waals surface area contributed by atoms with E-state index in [2.05, 4.69) is 10.3 Å². The van der Waals surface area contributed by atoms with Gasteiger partial charge < -0.3 is 19.0 Å². The molecule has 0 spiro atoms. The van der Waals surface area contributed by atoms with E-state index in [1.54, 1.807) is 51.3 Å². The molecule has 0 saturated heterocycles. The van der Waals surface area contributed by atoms with Crippen molar-refractivity contribution >= 4 is 12.3 Å². The molecule has 0 aliphatic heterocycles. The third-order valence-corrected chi connectivity index (χ3v) is 4.44. The standard InChI is InChI=1S/C22H23N3O5/c1-4-29-21(27)19-20(30-18-6-5-12-22(2,15-26)13-11-18)25(24-23-19)14-16-7-9-17(28-3)10-8-16/h5-13,15H,4,14H2,1-3H3. The Morgan fingerprint density at radius 3 is 2.67 bits per heavy atom. The summed E-state index contributed by atoms with van der Waals surface area (Å²) in [7, 11) is 1.60. The van der Waals surface area contributed by atoms with Crippen LogP contribution < -0.4 is 9.47 Å². The molecule has 3 rings (SSSR count). The molecular formula is C22H23N3O5. The van der Waals surface area contributed by atoms with Crippen LogP contribution in [0.5, 0.6) is 11.6 Å². The van der Waals surface area contributed by atoms with Crippen molar-refractivity contribution in [2.24, 2.45) is 5.41 Å². The molecule has 8 heteroatoms. The fourth-order valence-electron chi connectivity index (χ4n) is 2.72. The number of rotatable bonds is 8. The summed E-state index contributed by atoms with van der Waals surface area (Å²) in [6.07, 6.45) is 9.42. The van der Waals surface area contributed by atoms with E-state index in [1.165, 1.54) is 4.68 Å². The lowest BCUT2D eigenvalue weighted by Gasteiger charge is -2.12. The first-order chi connectivity index (χ1) is 14.5. The zero-order valence-electron chi connectivity index (χ0n) is 17.1. The van der Waals surface area contributed by atoms with Crippen molar-refractivity contribution in [1.82, 2.24) is 15.0 Å². The summed E-state index contributed by atoms with van der Waals surface area (Å²) in [6.45, 7) is 4.02. The number of aromatic nitrogens is 3. The molecule has 30 heavy (non-hydrogen) atoms. The normalized spacial score (nSPS) is 17.8. The number of esters is 1. The maximum absolute atomic E-state index is 12.3. The second kappa shape index (κ2) is 9.21. The first kappa shape index (κ1) is 21.0. The Labute approximate surface area is 174 Å². The number of hydrogen-bond acceptors (Lipinski definition) is 7. The predicted octanol–water partition coefficient (Wildman–Crippen LogP) is 3.11. The van der Waals surface area contributed by atoms with Gasteiger partial charge in [0.2, 0.25) is 5.69 Å². The second-order valence-electron chi connectivity index (χ2n) is 6.82. The van der Waals surface area contributed by atoms with E-state index in [0.29, 0.717) is 12.3 Å². The predicted molar refractivity (Wildman–Crippen MR) is 109 cm³/mol. The topological polar surface area (TPSA) is 92.5 Å². The first-order valence-electron chi connectivity index (χ1n) is 9.44. The molecule has 0 amide bonds. The smallest absolute Gasteiger partial charge is 0.364 e. The van der Waals surface area contributed by atoms with Gasteiger partial charge in [0.1, 0.15) is 17.8 Å². The van der Waals surface area contributed by atoms with Crippen molar-refractivity contribution in [3.63, 3.8) is 0 Å². The Balaban J connectivity index is 1.92. The number of allylic oxidation sites excluding steroid dienone is 5. The molecule has 1 atom stereocenters. The van der Waals surface area contributed by atoms with E-state index in [9.17, 15) is 9.59 Å². The second-order valence-corrected chi connectivity index (χ2v) is 6.82. The van der Waals surface area contributed by atoms with Gasteiger partial charge in [-0.1, -0.05) is 35.6 Å². The van der Waals surface area contributed by atoms with Crippen LogP contribution in [0.1, 0.15) is 29.9 Å². The van der Waals surface area contributed by atoms with Crippen LogP contribution in [0.15, 0.2) is 60.4 Å². The monoisotopic (exact) mass is 409 g/mol. The average molecular weight is 409 g/mol. The van der Waals surface area contributed by atoms with Crippen molar-refractivity contribution < 1.29 is 23.8 Å². The third-order valence-electron chi connectivity index (χ3n) is 4.44. The maximum atomic E-state index is 12.3. The summed E-state index contributed by atoms with van der Waals surface area (Å²) in [5, 5.41) is 8.04. The molecule has 1 aromatic carbocycles. The summed E-state index contributed by atoms with van der Waals surface area (Å²) in [5.74, 6) is 0.698. The molecule has 156 valence electrons. The van der Waals surface area contributed by atoms with Gasteiger partial charge in [0.25, 0.3) is 5.88 Å². The molecular weight excluding hydrogens is 386 g/mol. The number of ether oxygens (including phenoxy) is 3. The van der Waals surface area contributed by atoms with Crippen LogP contribution in [0.2, 0.25) is 0 Å². The highest BCUT2D eigenvalue weighted by Crippen LogP contribution is 2.25. The fraction of sp³-hybridized carbons (Fsp3) is 0.273. The lowest BCUT2D eigenvalue weighted by molar-refractivity contribution is -0.111. The molecule has 1 heterocycles. The highest BCUT2D eigenvalue weighted by molar-refractivity contribution is 5.89. The van der Waals surface area contributed by atoms with Crippen molar-refractivity contribution in [2.45, 2.75) is 20.4 Å². The van der Waals surface area contributed by atoms with Crippen molar-refractivity contribution in [3.8, 4) is 11.6 Å². The largest absolute Gasteiger partial charge is 0.497 e. The minimum Gasteiger partial charge on any atom is -0.497 e. The average Bonchev–Trinajstić information content (AvgIpc) is 3.04. The van der Waals surface area contributed by atoms with Gasteiger partial charge in [-0.3, -0.25) is 0 Å². The Bertz CT molecular complexity index is 1000. The lowest BCUT2D eigenvalue weighted by atomic mass is 9.92. The van der Waals surface area contributed by atoms with Crippen LogP contribution in [0, 0.1) is 5.41 Å². The van der Waals surface area contributed by atoms with Crippen molar-refractivity contribution in [1.29, 1.82) is 0 Å². The Kier molecular flexibility index (Phi) is 6.46. The lowest BCUT2D eigenvalue weighted by Crippen LogP contribution is -2.11. The number of methoxy groups -OCH3 is 1. The number of aldehydes is 1. The van der Waals surface area contributed by atoms with Crippen molar-refractivity contribution in [3.05, 3.63) is 71.7 Å². The third kappa shape index (κ3) is 4.83. The zero-order chi connectivity index (χ0) is 21.6. The summed E-state index contributed by atoms with van der Waals surface area (Å²) in [5.41, 5.74) is 0.165. The molecule has 8 nitrogen and oxygen atoms in total. The van der Waals surface area contributed by atoms with E-state index >= 15 is 0 Å². The van der Waals surface area contributed by atoms with Gasteiger partial charge in [0, 0.05) is 0 Å². The van der Waals surface area contributed by atoms with Crippen LogP contribution in [0.4, 0.5) is 0 Å². The van der Waals surface area contributed by atoms with E-state index in [-0.39, 0.29) is 18.2 Å². The van der Waals surface area contributed by atoms with Crippen LogP contribution in [-0.4, -0.2) is 41.0 Å². The van der Waals surface area contributed by atoms with Gasteiger partial charge in [-0.05, 0) is 43.7 Å². The van der Waals surface area contributed by atoms with Gasteiger partial charge in [0.15, 0.2) is 0 Å². The van der Waals surface area contributed by atoms with E-state index in [4.69, 9.17) is 14.2 Å². The molecule has 0 fully saturated rings.